The number of H-pyrrole nitrogens is 2. The largest absolute Gasteiger partial charge is 0.469 e. The van der Waals surface area contributed by atoms with Crippen LogP contribution in [0.2, 0.25) is 0 Å². The summed E-state index contributed by atoms with van der Waals surface area (Å²) < 4.78 is 10.1. The molecule has 7 nitrogen and oxygen atoms in total. The van der Waals surface area contributed by atoms with Gasteiger partial charge in [0.25, 0.3) is 0 Å². The Balaban J connectivity index is 1.47. The van der Waals surface area contributed by atoms with E-state index >= 15 is 0 Å². The molecule has 2 aliphatic carbocycles. The maximum absolute atomic E-state index is 12.4. The normalized spacial score (nSPS) is 11.9. The van der Waals surface area contributed by atoms with E-state index in [0.717, 1.165) is 98.8 Å². The van der Waals surface area contributed by atoms with Gasteiger partial charge in [0.15, 0.2) is 0 Å². The molecule has 8 bridgehead atoms. The molecule has 256 valence electrons. The van der Waals surface area contributed by atoms with Crippen molar-refractivity contribution in [1.29, 1.82) is 0 Å². The summed E-state index contributed by atoms with van der Waals surface area (Å²) in [7, 11) is 2.87. The molecule has 3 aliphatic rings. The van der Waals surface area contributed by atoms with Crippen LogP contribution in [-0.2, 0) is 31.9 Å². The minimum Gasteiger partial charge on any atom is -0.469 e. The van der Waals surface area contributed by atoms with E-state index in [9.17, 15) is 9.59 Å². The lowest BCUT2D eigenvalue weighted by Crippen LogP contribution is -2.02. The number of rotatable bonds is 6. The molecule has 6 aromatic rings. The van der Waals surface area contributed by atoms with Crippen LogP contribution in [0, 0.1) is 24.3 Å². The van der Waals surface area contributed by atoms with Crippen molar-refractivity contribution >= 4 is 66.6 Å². The van der Waals surface area contributed by atoms with Crippen LogP contribution >= 0.6 is 0 Å². The summed E-state index contributed by atoms with van der Waals surface area (Å²) in [6.07, 6.45) is 1.60. The predicted octanol–water partition coefficient (Wildman–Crippen LogP) is 9.83. The number of fused-ring (bicyclic) bond motifs is 15. The summed E-state index contributed by atoms with van der Waals surface area (Å²) >= 11 is 0. The summed E-state index contributed by atoms with van der Waals surface area (Å²) in [6, 6.07) is 32.4. The molecule has 1 aliphatic heterocycles. The third kappa shape index (κ3) is 4.99. The zero-order valence-corrected chi connectivity index (χ0v) is 29.6. The minimum atomic E-state index is -0.243. The Kier molecular flexibility index (Phi) is 7.47. The van der Waals surface area contributed by atoms with E-state index in [1.165, 1.54) is 25.0 Å². The van der Waals surface area contributed by atoms with Crippen LogP contribution in [0.4, 0.5) is 0 Å². The van der Waals surface area contributed by atoms with Gasteiger partial charge in [0.2, 0.25) is 0 Å². The van der Waals surface area contributed by atoms with E-state index in [2.05, 4.69) is 115 Å². The smallest absolute Gasteiger partial charge is 0.305 e. The van der Waals surface area contributed by atoms with Crippen molar-refractivity contribution < 1.29 is 19.1 Å². The number of aryl methyl sites for hydroxylation is 4. The van der Waals surface area contributed by atoms with Crippen molar-refractivity contribution in [1.82, 2.24) is 15.0 Å². The van der Waals surface area contributed by atoms with Gasteiger partial charge in [-0.05, 0) is 123 Å². The zero-order chi connectivity index (χ0) is 35.7. The van der Waals surface area contributed by atoms with Gasteiger partial charge in [0, 0.05) is 45.3 Å². The Labute approximate surface area is 299 Å². The van der Waals surface area contributed by atoms with Crippen molar-refractivity contribution in [3.63, 3.8) is 0 Å². The number of hydrogen-bond acceptors (Lipinski definition) is 5. The molecule has 0 saturated heterocycles. The number of methoxy groups -OCH3 is 2. The quantitative estimate of drug-likeness (QED) is 0.170. The lowest BCUT2D eigenvalue weighted by atomic mass is 10.0. The molecule has 2 N–H and O–H groups in total. The zero-order valence-electron chi connectivity index (χ0n) is 29.6. The first kappa shape index (κ1) is 31.7. The maximum Gasteiger partial charge on any atom is 0.305 e. The first-order valence-electron chi connectivity index (χ1n) is 17.7. The lowest BCUT2D eigenvalue weighted by molar-refractivity contribution is -0.141. The van der Waals surface area contributed by atoms with Gasteiger partial charge in [0.05, 0.1) is 25.3 Å². The van der Waals surface area contributed by atoms with Gasteiger partial charge in [-0.1, -0.05) is 60.7 Å². The van der Waals surface area contributed by atoms with Gasteiger partial charge in [-0.15, -0.1) is 0 Å². The van der Waals surface area contributed by atoms with Crippen LogP contribution in [0.15, 0.2) is 91.0 Å². The molecule has 3 aromatic carbocycles. The molecule has 0 atom stereocenters. The van der Waals surface area contributed by atoms with Gasteiger partial charge >= 0.3 is 11.9 Å². The summed E-state index contributed by atoms with van der Waals surface area (Å²) in [4.78, 5) is 37.7. The molecular weight excluding hydrogens is 647 g/mol. The molecule has 0 unspecified atom stereocenters. The number of carbonyl (C=O) groups excluding carboxylic acids is 2. The fourth-order valence-corrected chi connectivity index (χ4v) is 8.34. The minimum absolute atomic E-state index is 0.243. The van der Waals surface area contributed by atoms with Crippen molar-refractivity contribution in [2.75, 3.05) is 14.2 Å². The highest BCUT2D eigenvalue weighted by molar-refractivity contribution is 6.14. The standard InChI is InChI=1S/C45H37N3O4/c1-24-29(15-17-41(49)51-3)37-22-39-44-33-13-7-9-26-10-8-14-34(43(26)33)45(44)40(48-39)23-38-30(16-18-42(50)52-4)25(2)36(47-38)21-28-19-27(20-35(24)46-37)31-11-5-6-12-32(28)31/h5-14,19-23,46-47H,15-18H2,1-4H3. The first-order valence-corrected chi connectivity index (χ1v) is 17.7. The summed E-state index contributed by atoms with van der Waals surface area (Å²) in [5, 5.41) is 6.91. The number of carbonyl (C=O) groups is 2. The van der Waals surface area contributed by atoms with Crippen molar-refractivity contribution in [2.45, 2.75) is 39.5 Å². The molecule has 0 spiro atoms. The Morgan fingerprint density at radius 1 is 0.596 bits per heavy atom. The highest BCUT2D eigenvalue weighted by atomic mass is 16.5. The van der Waals surface area contributed by atoms with E-state index in [0.29, 0.717) is 12.8 Å². The number of nitrogens with one attached hydrogen (secondary N) is 2. The summed E-state index contributed by atoms with van der Waals surface area (Å²) in [6.45, 7) is 4.24. The SMILES string of the molecule is COC(=O)CCc1c(C)c2cc3cc(cc4[nH]c(cc5nc(cc1[nH]2)c1c2cccc6cccc(c5=1)c62)c(CCC(=O)OC)c4C)-c1ccccc1-3. The Morgan fingerprint density at radius 2 is 1.08 bits per heavy atom. The Hall–Kier alpha value is -6.21. The second-order valence-electron chi connectivity index (χ2n) is 13.8. The monoisotopic (exact) mass is 683 g/mol. The highest BCUT2D eigenvalue weighted by Crippen LogP contribution is 2.41. The fraction of sp³-hybridized carbons (Fsp3) is 0.178. The average molecular weight is 684 g/mol. The number of aromatic nitrogens is 3. The van der Waals surface area contributed by atoms with Crippen LogP contribution in [0.25, 0.3) is 76.9 Å². The second-order valence-corrected chi connectivity index (χ2v) is 13.8. The number of aromatic amines is 2. The molecule has 7 heteroatoms. The molecule has 0 radical (unpaired) electrons. The van der Waals surface area contributed by atoms with Crippen molar-refractivity contribution in [3.05, 3.63) is 124 Å². The Bertz CT molecular complexity index is 2760. The fourth-order valence-electron chi connectivity index (χ4n) is 8.34. The average Bonchev–Trinajstić information content (AvgIpc) is 3.93. The molecule has 0 saturated carbocycles. The van der Waals surface area contributed by atoms with E-state index in [-0.39, 0.29) is 24.8 Å². The lowest BCUT2D eigenvalue weighted by Gasteiger charge is -2.01. The van der Waals surface area contributed by atoms with E-state index in [1.54, 1.807) is 0 Å². The van der Waals surface area contributed by atoms with Gasteiger partial charge in [-0.3, -0.25) is 9.59 Å². The van der Waals surface area contributed by atoms with E-state index in [1.807, 2.05) is 0 Å². The number of benzene rings is 3. The predicted molar refractivity (Wildman–Crippen MR) is 208 cm³/mol. The topological polar surface area (TPSA) is 97.1 Å². The Morgan fingerprint density at radius 3 is 1.54 bits per heavy atom. The molecule has 3 aromatic heterocycles. The van der Waals surface area contributed by atoms with Crippen molar-refractivity contribution in [2.24, 2.45) is 0 Å². The van der Waals surface area contributed by atoms with E-state index < -0.39 is 0 Å². The molecule has 0 fully saturated rings. The van der Waals surface area contributed by atoms with Crippen LogP contribution in [-0.4, -0.2) is 41.1 Å². The summed E-state index contributed by atoms with van der Waals surface area (Å²) in [5.74, 6) is -0.486. The molecular formula is C45H37N3O4. The molecule has 0 amide bonds. The first-order chi connectivity index (χ1) is 25.3. The van der Waals surface area contributed by atoms with Gasteiger partial charge in [0.1, 0.15) is 0 Å². The summed E-state index contributed by atoms with van der Waals surface area (Å²) in [5.41, 5.74) is 14.4. The molecule has 52 heavy (non-hydrogen) atoms. The second kappa shape index (κ2) is 12.2. The number of hydrogen-bond donors (Lipinski definition) is 2. The number of ether oxygens (including phenoxy) is 2. The third-order valence-corrected chi connectivity index (χ3v) is 11.0. The molecule has 9 rings (SSSR count). The van der Waals surface area contributed by atoms with Crippen LogP contribution < -0.4 is 0 Å². The highest BCUT2D eigenvalue weighted by Gasteiger charge is 2.19. The third-order valence-electron chi connectivity index (χ3n) is 11.0. The number of nitrogens with zero attached hydrogens (tertiary/aromatic N) is 1. The maximum atomic E-state index is 12.4. The number of esters is 2. The van der Waals surface area contributed by atoms with Crippen molar-refractivity contribution in [3.8, 4) is 22.3 Å². The van der Waals surface area contributed by atoms with E-state index in [4.69, 9.17) is 14.5 Å². The van der Waals surface area contributed by atoms with Crippen LogP contribution in [0.1, 0.15) is 35.1 Å². The van der Waals surface area contributed by atoms with Crippen LogP contribution in [0.5, 0.6) is 0 Å². The van der Waals surface area contributed by atoms with Gasteiger partial charge in [-0.25, -0.2) is 4.98 Å². The molecule has 4 heterocycles. The van der Waals surface area contributed by atoms with Crippen LogP contribution in [0.3, 0.4) is 0 Å². The van der Waals surface area contributed by atoms with Gasteiger partial charge < -0.3 is 19.4 Å². The van der Waals surface area contributed by atoms with Gasteiger partial charge in [-0.2, -0.15) is 0 Å².